The molecule has 2 aromatic rings. The van der Waals surface area contributed by atoms with Gasteiger partial charge in [0, 0.05) is 32.2 Å². The number of anilines is 1. The van der Waals surface area contributed by atoms with Gasteiger partial charge in [-0.25, -0.2) is 0 Å². The van der Waals surface area contributed by atoms with Gasteiger partial charge in [-0.15, -0.1) is 0 Å². The Morgan fingerprint density at radius 2 is 1.85 bits per heavy atom. The van der Waals surface area contributed by atoms with Gasteiger partial charge in [-0.2, -0.15) is 9.78 Å². The number of benzene rings is 1. The fourth-order valence-corrected chi connectivity index (χ4v) is 3.50. The Balaban J connectivity index is 1.41. The molecule has 2 heterocycles. The predicted octanol–water partition coefficient (Wildman–Crippen LogP) is 1.29. The zero-order valence-corrected chi connectivity index (χ0v) is 15.7. The Morgan fingerprint density at radius 1 is 1.15 bits per heavy atom. The summed E-state index contributed by atoms with van der Waals surface area (Å²) in [6.07, 6.45) is 3.84. The number of nitrogens with one attached hydrogen (secondary N) is 1. The largest absolute Gasteiger partial charge is 0.366 e. The van der Waals surface area contributed by atoms with Gasteiger partial charge >= 0.3 is 0 Å². The van der Waals surface area contributed by atoms with Crippen LogP contribution in [0.5, 0.6) is 0 Å². The molecule has 0 spiro atoms. The molecule has 0 radical (unpaired) electrons. The predicted molar refractivity (Wildman–Crippen MR) is 105 cm³/mol. The van der Waals surface area contributed by atoms with E-state index < -0.39 is 0 Å². The first-order chi connectivity index (χ1) is 13.1. The van der Waals surface area contributed by atoms with Gasteiger partial charge in [-0.05, 0) is 25.0 Å². The van der Waals surface area contributed by atoms with Gasteiger partial charge in [0.25, 0.3) is 5.56 Å². The van der Waals surface area contributed by atoms with Crippen molar-refractivity contribution in [1.82, 2.24) is 20.0 Å². The average molecular weight is 388 g/mol. The van der Waals surface area contributed by atoms with Gasteiger partial charge in [0.15, 0.2) is 0 Å². The molecule has 1 saturated heterocycles. The summed E-state index contributed by atoms with van der Waals surface area (Å²) in [4.78, 5) is 28.8. The SMILES string of the molecule is O=C(CN1CCN(c2cnn(-c3ccccc3)c(=O)c2Cl)CC1)NC1CC1. The van der Waals surface area contributed by atoms with Crippen LogP contribution in [0.15, 0.2) is 41.3 Å². The number of nitrogens with zero attached hydrogens (tertiary/aromatic N) is 4. The van der Waals surface area contributed by atoms with Gasteiger partial charge in [-0.3, -0.25) is 14.5 Å². The second-order valence-corrected chi connectivity index (χ2v) is 7.38. The van der Waals surface area contributed by atoms with Gasteiger partial charge < -0.3 is 10.2 Å². The monoisotopic (exact) mass is 387 g/mol. The third-order valence-electron chi connectivity index (χ3n) is 4.92. The zero-order valence-electron chi connectivity index (χ0n) is 15.0. The second kappa shape index (κ2) is 7.70. The van der Waals surface area contributed by atoms with Crippen LogP contribution >= 0.6 is 11.6 Å². The first-order valence-corrected chi connectivity index (χ1v) is 9.59. The third kappa shape index (κ3) is 4.14. The number of hydrogen-bond acceptors (Lipinski definition) is 5. The van der Waals surface area contributed by atoms with Crippen molar-refractivity contribution >= 4 is 23.2 Å². The highest BCUT2D eigenvalue weighted by Gasteiger charge is 2.26. The summed E-state index contributed by atoms with van der Waals surface area (Å²) in [5.41, 5.74) is 1.00. The number of para-hydroxylation sites is 1. The van der Waals surface area contributed by atoms with Crippen molar-refractivity contribution in [2.24, 2.45) is 0 Å². The van der Waals surface area contributed by atoms with Gasteiger partial charge in [0.2, 0.25) is 5.91 Å². The number of amides is 1. The van der Waals surface area contributed by atoms with Crippen LogP contribution in [-0.4, -0.2) is 59.4 Å². The average Bonchev–Trinajstić information content (AvgIpc) is 3.49. The number of carbonyl (C=O) groups excluding carboxylic acids is 1. The maximum atomic E-state index is 12.6. The minimum Gasteiger partial charge on any atom is -0.366 e. The van der Waals surface area contributed by atoms with E-state index in [0.29, 0.717) is 37.1 Å². The van der Waals surface area contributed by atoms with E-state index in [4.69, 9.17) is 11.6 Å². The highest BCUT2D eigenvalue weighted by atomic mass is 35.5. The summed E-state index contributed by atoms with van der Waals surface area (Å²) >= 11 is 6.37. The Hall–Kier alpha value is -2.38. The highest BCUT2D eigenvalue weighted by Crippen LogP contribution is 2.23. The summed E-state index contributed by atoms with van der Waals surface area (Å²) in [7, 11) is 0. The standard InChI is InChI=1S/C19H22ClN5O2/c20-18-16(12-21-25(19(18)27)15-4-2-1-3-5-15)24-10-8-23(9-11-24)13-17(26)22-14-6-7-14/h1-5,12,14H,6-11,13H2,(H,22,26). The van der Waals surface area contributed by atoms with Crippen LogP contribution in [0.2, 0.25) is 5.02 Å². The number of carbonyl (C=O) groups is 1. The van der Waals surface area contributed by atoms with Crippen molar-refractivity contribution in [2.75, 3.05) is 37.6 Å². The fourth-order valence-electron chi connectivity index (χ4n) is 3.25. The van der Waals surface area contributed by atoms with E-state index in [1.165, 1.54) is 4.68 Å². The molecule has 1 aliphatic carbocycles. The lowest BCUT2D eigenvalue weighted by molar-refractivity contribution is -0.122. The molecule has 1 aromatic heterocycles. The first-order valence-electron chi connectivity index (χ1n) is 9.22. The molecule has 4 rings (SSSR count). The molecule has 0 unspecified atom stereocenters. The van der Waals surface area contributed by atoms with Crippen LogP contribution in [-0.2, 0) is 4.79 Å². The van der Waals surface area contributed by atoms with Crippen LogP contribution in [0.1, 0.15) is 12.8 Å². The summed E-state index contributed by atoms with van der Waals surface area (Å²) in [5.74, 6) is 0.0936. The van der Waals surface area contributed by atoms with Crippen molar-refractivity contribution < 1.29 is 4.79 Å². The van der Waals surface area contributed by atoms with Crippen LogP contribution in [0.25, 0.3) is 5.69 Å². The van der Waals surface area contributed by atoms with Crippen LogP contribution in [0.3, 0.4) is 0 Å². The smallest absolute Gasteiger partial charge is 0.292 e. The molecule has 8 heteroatoms. The Labute approximate surface area is 162 Å². The Morgan fingerprint density at radius 3 is 2.52 bits per heavy atom. The molecule has 1 N–H and O–H groups in total. The molecule has 1 aliphatic heterocycles. The van der Waals surface area contributed by atoms with Gasteiger partial charge in [-0.1, -0.05) is 29.8 Å². The maximum absolute atomic E-state index is 12.6. The molecule has 1 saturated carbocycles. The molecule has 1 aromatic carbocycles. The molecule has 142 valence electrons. The van der Waals surface area contributed by atoms with Crippen molar-refractivity contribution in [2.45, 2.75) is 18.9 Å². The van der Waals surface area contributed by atoms with E-state index >= 15 is 0 Å². The number of hydrogen-bond donors (Lipinski definition) is 1. The Kier molecular flexibility index (Phi) is 5.13. The zero-order chi connectivity index (χ0) is 18.8. The van der Waals surface area contributed by atoms with Crippen molar-refractivity contribution in [3.63, 3.8) is 0 Å². The summed E-state index contributed by atoms with van der Waals surface area (Å²) in [6.45, 7) is 3.32. The lowest BCUT2D eigenvalue weighted by Gasteiger charge is -2.35. The molecule has 2 aliphatic rings. The summed E-state index contributed by atoms with van der Waals surface area (Å²) < 4.78 is 1.31. The Bertz CT molecular complexity index is 873. The number of rotatable bonds is 5. The van der Waals surface area contributed by atoms with Crippen molar-refractivity contribution in [1.29, 1.82) is 0 Å². The van der Waals surface area contributed by atoms with E-state index in [-0.39, 0.29) is 16.5 Å². The minimum absolute atomic E-state index is 0.0936. The molecule has 7 nitrogen and oxygen atoms in total. The topological polar surface area (TPSA) is 70.5 Å². The molecule has 0 bridgehead atoms. The number of piperazine rings is 1. The number of aromatic nitrogens is 2. The molecular weight excluding hydrogens is 366 g/mol. The first kappa shape index (κ1) is 18.0. The van der Waals surface area contributed by atoms with Crippen LogP contribution < -0.4 is 15.8 Å². The summed E-state index contributed by atoms with van der Waals surface area (Å²) in [5, 5.41) is 7.48. The lowest BCUT2D eigenvalue weighted by Crippen LogP contribution is -2.50. The molecule has 27 heavy (non-hydrogen) atoms. The van der Waals surface area contributed by atoms with E-state index in [0.717, 1.165) is 25.9 Å². The van der Waals surface area contributed by atoms with Crippen molar-refractivity contribution in [3.05, 3.63) is 51.9 Å². The molecular formula is C19H22ClN5O2. The molecule has 0 atom stereocenters. The van der Waals surface area contributed by atoms with Crippen LogP contribution in [0.4, 0.5) is 5.69 Å². The van der Waals surface area contributed by atoms with E-state index in [1.54, 1.807) is 6.20 Å². The van der Waals surface area contributed by atoms with E-state index in [1.807, 2.05) is 30.3 Å². The van der Waals surface area contributed by atoms with E-state index in [9.17, 15) is 9.59 Å². The maximum Gasteiger partial charge on any atom is 0.292 e. The highest BCUT2D eigenvalue weighted by molar-refractivity contribution is 6.33. The third-order valence-corrected chi connectivity index (χ3v) is 5.28. The van der Waals surface area contributed by atoms with E-state index in [2.05, 4.69) is 20.2 Å². The van der Waals surface area contributed by atoms with Crippen LogP contribution in [0, 0.1) is 0 Å². The number of halogens is 1. The summed E-state index contributed by atoms with van der Waals surface area (Å²) in [6, 6.07) is 9.61. The van der Waals surface area contributed by atoms with Crippen molar-refractivity contribution in [3.8, 4) is 5.69 Å². The molecule has 1 amide bonds. The fraction of sp³-hybridized carbons (Fsp3) is 0.421. The second-order valence-electron chi connectivity index (χ2n) is 7.00. The molecule has 2 fully saturated rings. The van der Waals surface area contributed by atoms with Gasteiger partial charge in [0.05, 0.1) is 24.1 Å². The lowest BCUT2D eigenvalue weighted by atomic mass is 10.2. The quantitative estimate of drug-likeness (QED) is 0.837. The minimum atomic E-state index is -0.327. The normalized spacial score (nSPS) is 17.7. The van der Waals surface area contributed by atoms with Gasteiger partial charge in [0.1, 0.15) is 5.02 Å².